The Morgan fingerprint density at radius 1 is 0.750 bits per heavy atom. The molecule has 0 radical (unpaired) electrons. The highest BCUT2D eigenvalue weighted by Crippen LogP contribution is 1.92. The summed E-state index contributed by atoms with van der Waals surface area (Å²) in [4.78, 5) is 0. The van der Waals surface area contributed by atoms with Crippen LogP contribution in [-0.2, 0) is 0 Å². The number of hydrogen-bond donors (Lipinski definition) is 2. The molecule has 0 aromatic carbocycles. The van der Waals surface area contributed by atoms with Crippen LogP contribution in [0.2, 0.25) is 0 Å². The molecule has 4 heteroatoms. The fraction of sp³-hybridized carbons (Fsp3) is 1.00. The normalized spacial score (nSPS) is 26.2. The van der Waals surface area contributed by atoms with Crippen molar-refractivity contribution in [3.05, 3.63) is 0 Å². The quantitative estimate of drug-likeness (QED) is 0.445. The van der Waals surface area contributed by atoms with Gasteiger partial charge in [-0.05, 0) is 0 Å². The predicted molar refractivity (Wildman–Crippen MR) is 26.7 cm³/mol. The highest BCUT2D eigenvalue weighted by molar-refractivity contribution is 4.57. The second kappa shape index (κ2) is 2.41. The molecule has 1 fully saturated rings. The number of rotatable bonds is 0. The van der Waals surface area contributed by atoms with Gasteiger partial charge >= 0.3 is 0 Å². The Labute approximate surface area is 47.8 Å². The van der Waals surface area contributed by atoms with Crippen LogP contribution in [0.3, 0.4) is 0 Å². The fourth-order valence-electron chi connectivity index (χ4n) is 0.685. The summed E-state index contributed by atoms with van der Waals surface area (Å²) in [5.74, 6) is 0. The van der Waals surface area contributed by atoms with Crippen molar-refractivity contribution in [2.45, 2.75) is 0 Å². The Morgan fingerprint density at radius 3 is 1.25 bits per heavy atom. The van der Waals surface area contributed by atoms with Gasteiger partial charge < -0.3 is 10.4 Å². The molecule has 0 amide bonds. The van der Waals surface area contributed by atoms with Crippen molar-refractivity contribution in [3.63, 3.8) is 0 Å². The first-order chi connectivity index (χ1) is 3.79. The predicted octanol–water partition coefficient (Wildman–Crippen LogP) is -0.618. The van der Waals surface area contributed by atoms with Crippen molar-refractivity contribution in [2.75, 3.05) is 26.2 Å². The zero-order chi connectivity index (χ0) is 5.98. The summed E-state index contributed by atoms with van der Waals surface area (Å²) in [7, 11) is 0. The van der Waals surface area contributed by atoms with Crippen LogP contribution in [-0.4, -0.2) is 46.7 Å². The maximum Gasteiger partial charge on any atom is 0.0389 e. The Hall–Kier alpha value is -0.160. The Morgan fingerprint density at radius 2 is 1.00 bits per heavy atom. The SMILES string of the molecule is ON1CCN(O)CC1. The molecule has 0 unspecified atom stereocenters. The van der Waals surface area contributed by atoms with Gasteiger partial charge in [-0.25, -0.2) is 0 Å². The molecule has 0 saturated carbocycles. The van der Waals surface area contributed by atoms with Gasteiger partial charge in [-0.2, -0.15) is 10.1 Å². The molecule has 2 N–H and O–H groups in total. The maximum atomic E-state index is 8.72. The van der Waals surface area contributed by atoms with Crippen molar-refractivity contribution < 1.29 is 10.4 Å². The van der Waals surface area contributed by atoms with E-state index < -0.39 is 0 Å². The van der Waals surface area contributed by atoms with Crippen LogP contribution in [0.4, 0.5) is 0 Å². The van der Waals surface area contributed by atoms with Crippen molar-refractivity contribution >= 4 is 0 Å². The van der Waals surface area contributed by atoms with Gasteiger partial charge in [0.15, 0.2) is 0 Å². The third-order valence-corrected chi connectivity index (χ3v) is 1.23. The molecule has 0 bridgehead atoms. The van der Waals surface area contributed by atoms with Gasteiger partial charge in [0.05, 0.1) is 0 Å². The zero-order valence-electron chi connectivity index (χ0n) is 4.62. The van der Waals surface area contributed by atoms with Gasteiger partial charge in [-0.3, -0.25) is 0 Å². The lowest BCUT2D eigenvalue weighted by Crippen LogP contribution is -2.42. The van der Waals surface area contributed by atoms with Gasteiger partial charge in [0.25, 0.3) is 0 Å². The molecule has 4 nitrogen and oxygen atoms in total. The third kappa shape index (κ3) is 1.41. The van der Waals surface area contributed by atoms with Crippen LogP contribution in [0.1, 0.15) is 0 Å². The molecule has 1 heterocycles. The average molecular weight is 118 g/mol. The van der Waals surface area contributed by atoms with Crippen molar-refractivity contribution in [2.24, 2.45) is 0 Å². The number of hydrogen-bond acceptors (Lipinski definition) is 4. The molecular formula is C4H10N2O2. The molecule has 0 aromatic heterocycles. The van der Waals surface area contributed by atoms with E-state index >= 15 is 0 Å². The molecule has 0 atom stereocenters. The number of piperazine rings is 1. The molecule has 0 aromatic rings. The maximum absolute atomic E-state index is 8.72. The summed E-state index contributed by atoms with van der Waals surface area (Å²) < 4.78 is 0. The van der Waals surface area contributed by atoms with E-state index in [1.807, 2.05) is 0 Å². The molecular weight excluding hydrogens is 108 g/mol. The fourth-order valence-corrected chi connectivity index (χ4v) is 0.685. The lowest BCUT2D eigenvalue weighted by molar-refractivity contribution is -0.184. The van der Waals surface area contributed by atoms with Crippen LogP contribution >= 0.6 is 0 Å². The highest BCUT2D eigenvalue weighted by atomic mass is 16.5. The van der Waals surface area contributed by atoms with E-state index in [0.29, 0.717) is 26.2 Å². The van der Waals surface area contributed by atoms with Crippen molar-refractivity contribution in [1.82, 2.24) is 10.1 Å². The molecule has 1 rings (SSSR count). The van der Waals surface area contributed by atoms with E-state index in [1.54, 1.807) is 0 Å². The minimum atomic E-state index is 0.538. The largest absolute Gasteiger partial charge is 0.314 e. The van der Waals surface area contributed by atoms with Crippen LogP contribution in [0.5, 0.6) is 0 Å². The zero-order valence-corrected chi connectivity index (χ0v) is 4.62. The first-order valence-corrected chi connectivity index (χ1v) is 2.66. The average Bonchev–Trinajstić information content (AvgIpc) is 1.77. The van der Waals surface area contributed by atoms with Crippen LogP contribution in [0, 0.1) is 0 Å². The van der Waals surface area contributed by atoms with E-state index in [9.17, 15) is 0 Å². The Balaban J connectivity index is 2.19. The molecule has 1 aliphatic rings. The number of nitrogens with zero attached hydrogens (tertiary/aromatic N) is 2. The first-order valence-electron chi connectivity index (χ1n) is 2.66. The number of hydroxylamine groups is 4. The Kier molecular flexibility index (Phi) is 1.80. The standard InChI is InChI=1S/C4H10N2O2/c7-5-1-2-6(8)4-3-5/h7-8H,1-4H2. The van der Waals surface area contributed by atoms with Crippen molar-refractivity contribution in [1.29, 1.82) is 0 Å². The molecule has 0 spiro atoms. The summed E-state index contributed by atoms with van der Waals surface area (Å²) in [6.45, 7) is 2.15. The van der Waals surface area contributed by atoms with E-state index in [-0.39, 0.29) is 0 Å². The second-order valence-electron chi connectivity index (χ2n) is 1.91. The van der Waals surface area contributed by atoms with E-state index in [2.05, 4.69) is 0 Å². The topological polar surface area (TPSA) is 46.9 Å². The van der Waals surface area contributed by atoms with E-state index in [1.165, 1.54) is 10.1 Å². The molecule has 48 valence electrons. The van der Waals surface area contributed by atoms with Crippen LogP contribution in [0.15, 0.2) is 0 Å². The molecule has 1 aliphatic heterocycles. The van der Waals surface area contributed by atoms with Crippen LogP contribution < -0.4 is 0 Å². The van der Waals surface area contributed by atoms with Gasteiger partial charge in [-0.1, -0.05) is 0 Å². The summed E-state index contributed by atoms with van der Waals surface area (Å²) in [6, 6.07) is 0. The van der Waals surface area contributed by atoms with Gasteiger partial charge in [-0.15, -0.1) is 0 Å². The lowest BCUT2D eigenvalue weighted by Gasteiger charge is -2.25. The lowest BCUT2D eigenvalue weighted by atomic mass is 10.4. The first kappa shape index (κ1) is 5.97. The molecule has 0 aliphatic carbocycles. The molecule has 1 saturated heterocycles. The van der Waals surface area contributed by atoms with Crippen molar-refractivity contribution in [3.8, 4) is 0 Å². The minimum Gasteiger partial charge on any atom is -0.314 e. The molecule has 8 heavy (non-hydrogen) atoms. The van der Waals surface area contributed by atoms with Gasteiger partial charge in [0.1, 0.15) is 0 Å². The highest BCUT2D eigenvalue weighted by Gasteiger charge is 2.11. The monoisotopic (exact) mass is 118 g/mol. The summed E-state index contributed by atoms with van der Waals surface area (Å²) >= 11 is 0. The van der Waals surface area contributed by atoms with Crippen LogP contribution in [0.25, 0.3) is 0 Å². The van der Waals surface area contributed by atoms with Gasteiger partial charge in [0.2, 0.25) is 0 Å². The summed E-state index contributed by atoms with van der Waals surface area (Å²) in [5, 5.41) is 19.8. The van der Waals surface area contributed by atoms with E-state index in [4.69, 9.17) is 10.4 Å². The minimum absolute atomic E-state index is 0.538. The second-order valence-corrected chi connectivity index (χ2v) is 1.91. The summed E-state index contributed by atoms with van der Waals surface area (Å²) in [6.07, 6.45) is 0. The third-order valence-electron chi connectivity index (χ3n) is 1.23. The summed E-state index contributed by atoms with van der Waals surface area (Å²) in [5.41, 5.74) is 0. The van der Waals surface area contributed by atoms with Gasteiger partial charge in [0, 0.05) is 26.2 Å². The smallest absolute Gasteiger partial charge is 0.0389 e. The Bertz CT molecular complexity index is 60.4. The van der Waals surface area contributed by atoms with E-state index in [0.717, 1.165) is 0 Å².